The number of aryl methyl sites for hydroxylation is 2. The highest BCUT2D eigenvalue weighted by Crippen LogP contribution is 2.23. The molecular formula is C16H24N2O3. The quantitative estimate of drug-likeness (QED) is 0.846. The zero-order valence-electron chi connectivity index (χ0n) is 13.1. The van der Waals surface area contributed by atoms with Crippen molar-refractivity contribution in [2.75, 3.05) is 12.4 Å². The molecule has 1 rings (SSSR count). The maximum absolute atomic E-state index is 12.3. The minimum atomic E-state index is -0.991. The lowest BCUT2D eigenvalue weighted by molar-refractivity contribution is -0.141. The summed E-state index contributed by atoms with van der Waals surface area (Å²) in [6, 6.07) is 4.72. The Morgan fingerprint density at radius 3 is 2.10 bits per heavy atom. The molecule has 0 bridgehead atoms. The van der Waals surface area contributed by atoms with Gasteiger partial charge in [-0.05, 0) is 30.4 Å². The van der Waals surface area contributed by atoms with Gasteiger partial charge in [0.25, 0.3) is 0 Å². The first-order chi connectivity index (χ1) is 9.96. The smallest absolute Gasteiger partial charge is 0.326 e. The summed E-state index contributed by atoms with van der Waals surface area (Å²) >= 11 is 0. The van der Waals surface area contributed by atoms with Crippen molar-refractivity contribution < 1.29 is 14.7 Å². The number of likely N-dealkylation sites (N-methyl/N-ethyl adjacent to an activating group) is 1. The molecule has 1 aromatic rings. The number of nitrogens with one attached hydrogen (secondary N) is 1. The van der Waals surface area contributed by atoms with Gasteiger partial charge in [-0.1, -0.05) is 39.0 Å². The molecule has 5 heteroatoms. The normalized spacial score (nSPS) is 11.8. The maximum Gasteiger partial charge on any atom is 0.326 e. The number of carbonyl (C=O) groups excluding carboxylic acids is 1. The molecule has 0 saturated carbocycles. The maximum atomic E-state index is 12.3. The molecule has 0 aliphatic carbocycles. The fraction of sp³-hybridized carbons (Fsp3) is 0.500. The van der Waals surface area contributed by atoms with Crippen LogP contribution in [-0.4, -0.2) is 35.1 Å². The van der Waals surface area contributed by atoms with Crippen LogP contribution >= 0.6 is 0 Å². The van der Waals surface area contributed by atoms with E-state index in [4.69, 9.17) is 5.11 Å². The molecule has 0 aliphatic rings. The van der Waals surface area contributed by atoms with Gasteiger partial charge in [0.2, 0.25) is 0 Å². The fourth-order valence-electron chi connectivity index (χ4n) is 2.35. The van der Waals surface area contributed by atoms with E-state index < -0.39 is 12.0 Å². The molecule has 1 aromatic carbocycles. The summed E-state index contributed by atoms with van der Waals surface area (Å²) in [5.74, 6) is -0.991. The Hall–Kier alpha value is -2.04. The van der Waals surface area contributed by atoms with Crippen LogP contribution in [-0.2, 0) is 17.6 Å². The number of carbonyl (C=O) groups is 2. The third-order valence-corrected chi connectivity index (χ3v) is 3.69. The molecule has 0 saturated heterocycles. The lowest BCUT2D eigenvalue weighted by atomic mass is 10.0. The lowest BCUT2D eigenvalue weighted by Crippen LogP contribution is -2.44. The Labute approximate surface area is 126 Å². The number of hydrogen-bond donors (Lipinski definition) is 2. The van der Waals surface area contributed by atoms with Crippen molar-refractivity contribution in [2.24, 2.45) is 0 Å². The zero-order chi connectivity index (χ0) is 16.0. The van der Waals surface area contributed by atoms with E-state index in [9.17, 15) is 9.59 Å². The van der Waals surface area contributed by atoms with E-state index in [1.165, 1.54) is 11.9 Å². The molecule has 1 atom stereocenters. The predicted molar refractivity (Wildman–Crippen MR) is 83.7 cm³/mol. The molecular weight excluding hydrogens is 268 g/mol. The van der Waals surface area contributed by atoms with Gasteiger partial charge in [-0.2, -0.15) is 0 Å². The van der Waals surface area contributed by atoms with Crippen LogP contribution in [0, 0.1) is 0 Å². The molecule has 1 unspecified atom stereocenters. The first-order valence-electron chi connectivity index (χ1n) is 7.33. The first kappa shape index (κ1) is 17.0. The van der Waals surface area contributed by atoms with Gasteiger partial charge in [0, 0.05) is 12.7 Å². The Balaban J connectivity index is 3.00. The molecule has 0 fully saturated rings. The van der Waals surface area contributed by atoms with Gasteiger partial charge in [0.1, 0.15) is 6.04 Å². The summed E-state index contributed by atoms with van der Waals surface area (Å²) < 4.78 is 0. The molecule has 21 heavy (non-hydrogen) atoms. The number of para-hydroxylation sites is 1. The monoisotopic (exact) mass is 292 g/mol. The van der Waals surface area contributed by atoms with Gasteiger partial charge in [-0.15, -0.1) is 0 Å². The molecule has 2 N–H and O–H groups in total. The van der Waals surface area contributed by atoms with Gasteiger partial charge in [-0.25, -0.2) is 9.59 Å². The second-order valence-electron chi connectivity index (χ2n) is 4.96. The number of carboxylic acid groups (broad SMARTS) is 1. The molecule has 0 radical (unpaired) electrons. The topological polar surface area (TPSA) is 69.6 Å². The summed E-state index contributed by atoms with van der Waals surface area (Å²) in [4.78, 5) is 24.7. The summed E-state index contributed by atoms with van der Waals surface area (Å²) in [6.45, 7) is 5.81. The van der Waals surface area contributed by atoms with Gasteiger partial charge < -0.3 is 15.3 Å². The second kappa shape index (κ2) is 7.67. The molecule has 5 nitrogen and oxygen atoms in total. The number of rotatable bonds is 6. The number of amides is 2. The van der Waals surface area contributed by atoms with Crippen molar-refractivity contribution >= 4 is 17.7 Å². The van der Waals surface area contributed by atoms with Crippen LogP contribution in [0.1, 0.15) is 38.3 Å². The van der Waals surface area contributed by atoms with Crippen LogP contribution in [0.15, 0.2) is 18.2 Å². The highest BCUT2D eigenvalue weighted by atomic mass is 16.4. The summed E-state index contributed by atoms with van der Waals surface area (Å²) in [5, 5.41) is 12.0. The molecule has 0 aromatic heterocycles. The van der Waals surface area contributed by atoms with Crippen LogP contribution in [0.5, 0.6) is 0 Å². The van der Waals surface area contributed by atoms with E-state index >= 15 is 0 Å². The molecule has 0 heterocycles. The molecule has 2 amide bonds. The van der Waals surface area contributed by atoms with E-state index in [0.717, 1.165) is 29.7 Å². The van der Waals surface area contributed by atoms with Gasteiger partial charge in [0.05, 0.1) is 0 Å². The van der Waals surface area contributed by atoms with Crippen molar-refractivity contribution in [1.29, 1.82) is 0 Å². The van der Waals surface area contributed by atoms with Crippen molar-refractivity contribution in [2.45, 2.75) is 46.1 Å². The van der Waals surface area contributed by atoms with E-state index in [-0.39, 0.29) is 6.03 Å². The average Bonchev–Trinajstić information content (AvgIpc) is 2.47. The molecule has 116 valence electrons. The number of nitrogens with zero attached hydrogens (tertiary/aromatic N) is 1. The second-order valence-corrected chi connectivity index (χ2v) is 4.96. The van der Waals surface area contributed by atoms with E-state index in [0.29, 0.717) is 6.42 Å². The number of urea groups is 1. The molecule has 0 aliphatic heterocycles. The number of carboxylic acids is 1. The predicted octanol–water partition coefficient (Wildman–Crippen LogP) is 3.14. The van der Waals surface area contributed by atoms with Crippen LogP contribution in [0.2, 0.25) is 0 Å². The third-order valence-electron chi connectivity index (χ3n) is 3.69. The summed E-state index contributed by atoms with van der Waals surface area (Å²) in [5.41, 5.74) is 2.92. The van der Waals surface area contributed by atoms with Crippen LogP contribution < -0.4 is 5.32 Å². The Kier molecular flexibility index (Phi) is 6.21. The number of hydrogen-bond acceptors (Lipinski definition) is 2. The van der Waals surface area contributed by atoms with Crippen LogP contribution in [0.3, 0.4) is 0 Å². The van der Waals surface area contributed by atoms with Crippen molar-refractivity contribution in [3.63, 3.8) is 0 Å². The molecule has 0 spiro atoms. The lowest BCUT2D eigenvalue weighted by Gasteiger charge is -2.25. The standard InChI is InChI=1S/C16H24N2O3/c1-5-11-9-8-10-12(6-2)14(11)17-16(21)18(4)13(7-3)15(19)20/h8-10,13H,5-7H2,1-4H3,(H,17,21)(H,19,20). The van der Waals surface area contributed by atoms with Crippen LogP contribution in [0.25, 0.3) is 0 Å². The van der Waals surface area contributed by atoms with E-state index in [2.05, 4.69) is 5.32 Å². The minimum absolute atomic E-state index is 0.370. The van der Waals surface area contributed by atoms with E-state index in [1.807, 2.05) is 32.0 Å². The van der Waals surface area contributed by atoms with Gasteiger partial charge >= 0.3 is 12.0 Å². The SMILES string of the molecule is CCc1cccc(CC)c1NC(=O)N(C)C(CC)C(=O)O. The highest BCUT2D eigenvalue weighted by molar-refractivity contribution is 5.93. The summed E-state index contributed by atoms with van der Waals surface area (Å²) in [6.07, 6.45) is 1.99. The van der Waals surface area contributed by atoms with Crippen molar-refractivity contribution in [3.05, 3.63) is 29.3 Å². The highest BCUT2D eigenvalue weighted by Gasteiger charge is 2.25. The van der Waals surface area contributed by atoms with Gasteiger partial charge in [-0.3, -0.25) is 0 Å². The number of anilines is 1. The Bertz CT molecular complexity index is 492. The average molecular weight is 292 g/mol. The van der Waals surface area contributed by atoms with Crippen LogP contribution in [0.4, 0.5) is 10.5 Å². The third kappa shape index (κ3) is 3.97. The van der Waals surface area contributed by atoms with Crippen molar-refractivity contribution in [3.8, 4) is 0 Å². The summed E-state index contributed by atoms with van der Waals surface area (Å²) in [7, 11) is 1.51. The fourth-order valence-corrected chi connectivity index (χ4v) is 2.35. The number of benzene rings is 1. The Morgan fingerprint density at radius 2 is 1.71 bits per heavy atom. The zero-order valence-corrected chi connectivity index (χ0v) is 13.1. The Morgan fingerprint density at radius 1 is 1.19 bits per heavy atom. The largest absolute Gasteiger partial charge is 0.480 e. The van der Waals surface area contributed by atoms with Crippen molar-refractivity contribution in [1.82, 2.24) is 4.90 Å². The number of aliphatic carboxylic acids is 1. The van der Waals surface area contributed by atoms with Gasteiger partial charge in [0.15, 0.2) is 0 Å². The van der Waals surface area contributed by atoms with E-state index in [1.54, 1.807) is 6.92 Å². The first-order valence-corrected chi connectivity index (χ1v) is 7.33. The minimum Gasteiger partial charge on any atom is -0.480 e.